The molecule has 23 heavy (non-hydrogen) atoms. The van der Waals surface area contributed by atoms with E-state index in [0.29, 0.717) is 0 Å². The zero-order valence-corrected chi connectivity index (χ0v) is 13.6. The third kappa shape index (κ3) is 6.08. The van der Waals surface area contributed by atoms with Crippen molar-refractivity contribution in [1.82, 2.24) is 10.6 Å². The van der Waals surface area contributed by atoms with Crippen molar-refractivity contribution in [3.05, 3.63) is 23.3 Å². The Morgan fingerprint density at radius 2 is 1.83 bits per heavy atom. The third-order valence-corrected chi connectivity index (χ3v) is 3.91. The lowest BCUT2D eigenvalue weighted by Crippen LogP contribution is -2.40. The standard InChI is InChI=1S/C16H23F3N2O2/c1-11-5-4-8-15(2,3)12(11)6-7-13(22)20-9-10-21-14(23)16(17,18)19/h6-7H,4-5,8-10H2,1-3H3,(H,20,22)(H,21,23)/b7-6+. The van der Waals surface area contributed by atoms with Gasteiger partial charge in [-0.05, 0) is 37.2 Å². The number of rotatable bonds is 5. The molecule has 0 aromatic rings. The molecule has 1 aliphatic rings. The Morgan fingerprint density at radius 1 is 1.22 bits per heavy atom. The number of hydrogen-bond donors (Lipinski definition) is 2. The Morgan fingerprint density at radius 3 is 2.39 bits per heavy atom. The van der Waals surface area contributed by atoms with Gasteiger partial charge in [-0.2, -0.15) is 13.2 Å². The number of carbonyl (C=O) groups excluding carboxylic acids is 2. The van der Waals surface area contributed by atoms with Crippen molar-refractivity contribution in [2.45, 2.75) is 46.2 Å². The van der Waals surface area contributed by atoms with Crippen LogP contribution in [0.15, 0.2) is 23.3 Å². The van der Waals surface area contributed by atoms with Gasteiger partial charge >= 0.3 is 12.1 Å². The molecule has 2 N–H and O–H groups in total. The van der Waals surface area contributed by atoms with Crippen LogP contribution in [0.1, 0.15) is 40.0 Å². The topological polar surface area (TPSA) is 58.2 Å². The molecule has 0 aliphatic heterocycles. The van der Waals surface area contributed by atoms with Gasteiger partial charge in [-0.25, -0.2) is 0 Å². The van der Waals surface area contributed by atoms with Crippen molar-refractivity contribution in [2.24, 2.45) is 5.41 Å². The summed E-state index contributed by atoms with van der Waals surface area (Å²) in [4.78, 5) is 22.3. The minimum absolute atomic E-state index is 0.0137. The van der Waals surface area contributed by atoms with E-state index < -0.39 is 18.0 Å². The first-order valence-corrected chi connectivity index (χ1v) is 7.55. The minimum Gasteiger partial charge on any atom is -0.351 e. The monoisotopic (exact) mass is 332 g/mol. The summed E-state index contributed by atoms with van der Waals surface area (Å²) in [7, 11) is 0. The first-order valence-electron chi connectivity index (χ1n) is 7.55. The summed E-state index contributed by atoms with van der Waals surface area (Å²) < 4.78 is 35.9. The number of carbonyl (C=O) groups is 2. The molecule has 0 radical (unpaired) electrons. The first-order chi connectivity index (χ1) is 10.5. The predicted molar refractivity (Wildman–Crippen MR) is 81.5 cm³/mol. The summed E-state index contributed by atoms with van der Waals surface area (Å²) in [5.74, 6) is -2.40. The molecule has 0 saturated heterocycles. The van der Waals surface area contributed by atoms with Crippen molar-refractivity contribution in [3.63, 3.8) is 0 Å². The molecule has 0 heterocycles. The molecule has 0 spiro atoms. The molecule has 0 bridgehead atoms. The summed E-state index contributed by atoms with van der Waals surface area (Å²) in [5, 5.41) is 4.13. The molecule has 0 saturated carbocycles. The molecule has 4 nitrogen and oxygen atoms in total. The van der Waals surface area contributed by atoms with E-state index >= 15 is 0 Å². The van der Waals surface area contributed by atoms with Crippen LogP contribution in [0.3, 0.4) is 0 Å². The maximum absolute atomic E-state index is 12.0. The Labute approximate surface area is 134 Å². The van der Waals surface area contributed by atoms with Crippen molar-refractivity contribution >= 4 is 11.8 Å². The number of alkyl halides is 3. The lowest BCUT2D eigenvalue weighted by atomic mass is 9.72. The highest BCUT2D eigenvalue weighted by Gasteiger charge is 2.38. The fraction of sp³-hybridized carbons (Fsp3) is 0.625. The normalized spacial score (nSPS) is 18.2. The van der Waals surface area contributed by atoms with Gasteiger partial charge in [-0.1, -0.05) is 25.5 Å². The van der Waals surface area contributed by atoms with Crippen molar-refractivity contribution in [3.8, 4) is 0 Å². The number of allylic oxidation sites excluding steroid dienone is 3. The molecular weight excluding hydrogens is 309 g/mol. The van der Waals surface area contributed by atoms with Crippen molar-refractivity contribution in [1.29, 1.82) is 0 Å². The highest BCUT2D eigenvalue weighted by Crippen LogP contribution is 2.40. The number of amides is 2. The van der Waals surface area contributed by atoms with Crippen molar-refractivity contribution < 1.29 is 22.8 Å². The van der Waals surface area contributed by atoms with E-state index in [2.05, 4.69) is 19.2 Å². The van der Waals surface area contributed by atoms with Crippen LogP contribution in [0, 0.1) is 5.41 Å². The fourth-order valence-electron chi connectivity index (χ4n) is 2.69. The molecule has 0 unspecified atom stereocenters. The van der Waals surface area contributed by atoms with Crippen LogP contribution in [0.25, 0.3) is 0 Å². The molecule has 130 valence electrons. The summed E-state index contributed by atoms with van der Waals surface area (Å²) in [6, 6.07) is 0. The molecule has 0 fully saturated rings. The Hall–Kier alpha value is -1.79. The second-order valence-electron chi connectivity index (χ2n) is 6.31. The van der Waals surface area contributed by atoms with Gasteiger partial charge in [-0.15, -0.1) is 0 Å². The molecule has 0 aromatic carbocycles. The van der Waals surface area contributed by atoms with Gasteiger partial charge < -0.3 is 10.6 Å². The quantitative estimate of drug-likeness (QED) is 0.601. The second kappa shape index (κ2) is 7.66. The number of hydrogen-bond acceptors (Lipinski definition) is 2. The summed E-state index contributed by atoms with van der Waals surface area (Å²) in [6.07, 6.45) is 1.45. The van der Waals surface area contributed by atoms with Gasteiger partial charge in [0.05, 0.1) is 0 Å². The SMILES string of the molecule is CC1=C(/C=C/C(=O)NCCNC(=O)C(F)(F)F)C(C)(C)CCC1. The predicted octanol–water partition coefficient (Wildman–Crippen LogP) is 2.86. The molecule has 2 amide bonds. The smallest absolute Gasteiger partial charge is 0.351 e. The molecule has 7 heteroatoms. The van der Waals surface area contributed by atoms with Crippen LogP contribution in [0.2, 0.25) is 0 Å². The lowest BCUT2D eigenvalue weighted by Gasteiger charge is -2.32. The summed E-state index contributed by atoms with van der Waals surface area (Å²) >= 11 is 0. The number of halogens is 3. The van der Waals surface area contributed by atoms with Gasteiger partial charge in [-0.3, -0.25) is 9.59 Å². The number of nitrogens with one attached hydrogen (secondary N) is 2. The van der Waals surface area contributed by atoms with Crippen LogP contribution < -0.4 is 10.6 Å². The average Bonchev–Trinajstić information content (AvgIpc) is 2.41. The fourth-order valence-corrected chi connectivity index (χ4v) is 2.69. The van der Waals surface area contributed by atoms with Crippen LogP contribution >= 0.6 is 0 Å². The van der Waals surface area contributed by atoms with Crippen LogP contribution in [-0.4, -0.2) is 31.1 Å². The Bertz CT molecular complexity index is 520. The van der Waals surface area contributed by atoms with E-state index in [9.17, 15) is 22.8 Å². The van der Waals surface area contributed by atoms with Gasteiger partial charge in [0, 0.05) is 19.2 Å². The van der Waals surface area contributed by atoms with Gasteiger partial charge in [0.15, 0.2) is 0 Å². The third-order valence-electron chi connectivity index (χ3n) is 3.91. The molecule has 0 aromatic heterocycles. The summed E-state index contributed by atoms with van der Waals surface area (Å²) in [6.45, 7) is 5.96. The van der Waals surface area contributed by atoms with E-state index in [1.807, 2.05) is 6.92 Å². The van der Waals surface area contributed by atoms with Crippen LogP contribution in [-0.2, 0) is 9.59 Å². The van der Waals surface area contributed by atoms with E-state index in [4.69, 9.17) is 0 Å². The highest BCUT2D eigenvalue weighted by molar-refractivity contribution is 5.88. The molecule has 1 aliphatic carbocycles. The Kier molecular flexibility index (Phi) is 6.41. The molecular formula is C16H23F3N2O2. The van der Waals surface area contributed by atoms with Crippen molar-refractivity contribution in [2.75, 3.05) is 13.1 Å². The van der Waals surface area contributed by atoms with Crippen LogP contribution in [0.5, 0.6) is 0 Å². The molecule has 0 atom stereocenters. The van der Waals surface area contributed by atoms with Crippen LogP contribution in [0.4, 0.5) is 13.2 Å². The van der Waals surface area contributed by atoms with E-state index in [0.717, 1.165) is 24.8 Å². The largest absolute Gasteiger partial charge is 0.471 e. The lowest BCUT2D eigenvalue weighted by molar-refractivity contribution is -0.173. The van der Waals surface area contributed by atoms with E-state index in [-0.39, 0.29) is 18.5 Å². The van der Waals surface area contributed by atoms with E-state index in [1.54, 1.807) is 11.4 Å². The van der Waals surface area contributed by atoms with Gasteiger partial charge in [0.2, 0.25) is 5.91 Å². The maximum atomic E-state index is 12.0. The van der Waals surface area contributed by atoms with Gasteiger partial charge in [0.25, 0.3) is 0 Å². The first kappa shape index (κ1) is 19.3. The molecule has 1 rings (SSSR count). The second-order valence-corrected chi connectivity index (χ2v) is 6.31. The minimum atomic E-state index is -4.90. The Balaban J connectivity index is 2.44. The highest BCUT2D eigenvalue weighted by atomic mass is 19.4. The van der Waals surface area contributed by atoms with E-state index in [1.165, 1.54) is 11.6 Å². The average molecular weight is 332 g/mol. The van der Waals surface area contributed by atoms with Gasteiger partial charge in [0.1, 0.15) is 0 Å². The zero-order chi connectivity index (χ0) is 17.7. The maximum Gasteiger partial charge on any atom is 0.471 e. The summed E-state index contributed by atoms with van der Waals surface area (Å²) in [5.41, 5.74) is 2.40. The zero-order valence-electron chi connectivity index (χ0n) is 13.6.